The van der Waals surface area contributed by atoms with E-state index in [2.05, 4.69) is 13.8 Å². The molecular weight excluding hydrogens is 208 g/mol. The molecule has 0 bridgehead atoms. The standard InChI is InChI=1S/C16H30O/c1-3-15(9-5-6-10-15)13-17-14-16(4-2)11-7-8-12-16/h3-14H2,1-2H3. The minimum absolute atomic E-state index is 0.549. The molecule has 0 aromatic carbocycles. The molecule has 2 fully saturated rings. The molecule has 0 aliphatic heterocycles. The molecule has 0 aromatic rings. The van der Waals surface area contributed by atoms with Gasteiger partial charge in [0.05, 0.1) is 13.2 Å². The van der Waals surface area contributed by atoms with Crippen molar-refractivity contribution in [3.63, 3.8) is 0 Å². The Morgan fingerprint density at radius 3 is 1.35 bits per heavy atom. The summed E-state index contributed by atoms with van der Waals surface area (Å²) in [6.07, 6.45) is 14.0. The highest BCUT2D eigenvalue weighted by molar-refractivity contribution is 4.86. The van der Waals surface area contributed by atoms with E-state index >= 15 is 0 Å². The number of hydrogen-bond acceptors (Lipinski definition) is 1. The van der Waals surface area contributed by atoms with E-state index in [1.54, 1.807) is 0 Å². The Morgan fingerprint density at radius 1 is 0.706 bits per heavy atom. The molecule has 2 rings (SSSR count). The molecule has 1 heteroatoms. The first-order chi connectivity index (χ1) is 8.24. The van der Waals surface area contributed by atoms with Gasteiger partial charge < -0.3 is 4.74 Å². The van der Waals surface area contributed by atoms with Gasteiger partial charge in [0.25, 0.3) is 0 Å². The Hall–Kier alpha value is -0.0400. The average molecular weight is 238 g/mol. The van der Waals surface area contributed by atoms with Crippen molar-refractivity contribution in [2.75, 3.05) is 13.2 Å². The number of ether oxygens (including phenoxy) is 1. The van der Waals surface area contributed by atoms with Crippen molar-refractivity contribution in [2.45, 2.75) is 78.1 Å². The predicted molar refractivity (Wildman–Crippen MR) is 73.2 cm³/mol. The molecule has 0 radical (unpaired) electrons. The Kier molecular flexibility index (Phi) is 4.52. The van der Waals surface area contributed by atoms with Crippen LogP contribution in [-0.4, -0.2) is 13.2 Å². The monoisotopic (exact) mass is 238 g/mol. The molecule has 100 valence electrons. The number of rotatable bonds is 6. The van der Waals surface area contributed by atoms with Crippen LogP contribution in [0.4, 0.5) is 0 Å². The van der Waals surface area contributed by atoms with Gasteiger partial charge in [0.15, 0.2) is 0 Å². The molecule has 0 aromatic heterocycles. The molecule has 0 spiro atoms. The maximum atomic E-state index is 6.19. The van der Waals surface area contributed by atoms with Gasteiger partial charge in [-0.05, 0) is 49.4 Å². The summed E-state index contributed by atoms with van der Waals surface area (Å²) in [6, 6.07) is 0. The van der Waals surface area contributed by atoms with Crippen LogP contribution in [0.25, 0.3) is 0 Å². The van der Waals surface area contributed by atoms with Crippen molar-refractivity contribution in [2.24, 2.45) is 10.8 Å². The van der Waals surface area contributed by atoms with Crippen molar-refractivity contribution < 1.29 is 4.74 Å². The maximum absolute atomic E-state index is 6.19. The normalized spacial score (nSPS) is 26.5. The SMILES string of the molecule is CCC1(COCC2(CC)CCCC2)CCCC1. The lowest BCUT2D eigenvalue weighted by Gasteiger charge is -2.32. The quantitative estimate of drug-likeness (QED) is 0.636. The first-order valence-electron chi connectivity index (χ1n) is 7.82. The van der Waals surface area contributed by atoms with Gasteiger partial charge in [0, 0.05) is 0 Å². The molecular formula is C16H30O. The highest BCUT2D eigenvalue weighted by Gasteiger charge is 2.35. The van der Waals surface area contributed by atoms with Gasteiger partial charge in [-0.15, -0.1) is 0 Å². The van der Waals surface area contributed by atoms with Gasteiger partial charge in [-0.1, -0.05) is 39.5 Å². The van der Waals surface area contributed by atoms with E-state index in [1.165, 1.54) is 64.2 Å². The van der Waals surface area contributed by atoms with Crippen LogP contribution in [0, 0.1) is 10.8 Å². The summed E-state index contributed by atoms with van der Waals surface area (Å²) in [5.74, 6) is 0. The molecule has 0 saturated heterocycles. The molecule has 0 unspecified atom stereocenters. The van der Waals surface area contributed by atoms with E-state index in [0.29, 0.717) is 10.8 Å². The molecule has 17 heavy (non-hydrogen) atoms. The van der Waals surface area contributed by atoms with E-state index in [0.717, 1.165) is 13.2 Å². The Labute approximate surface area is 107 Å². The van der Waals surface area contributed by atoms with Crippen LogP contribution in [0.15, 0.2) is 0 Å². The van der Waals surface area contributed by atoms with Crippen LogP contribution in [0.3, 0.4) is 0 Å². The zero-order valence-electron chi connectivity index (χ0n) is 11.9. The van der Waals surface area contributed by atoms with Crippen LogP contribution >= 0.6 is 0 Å². The second-order valence-corrected chi connectivity index (χ2v) is 6.61. The summed E-state index contributed by atoms with van der Waals surface area (Å²) in [5.41, 5.74) is 1.10. The molecule has 0 amide bonds. The van der Waals surface area contributed by atoms with Gasteiger partial charge >= 0.3 is 0 Å². The molecule has 2 aliphatic carbocycles. The van der Waals surface area contributed by atoms with Gasteiger partial charge in [0.2, 0.25) is 0 Å². The van der Waals surface area contributed by atoms with Crippen molar-refractivity contribution in [3.8, 4) is 0 Å². The highest BCUT2D eigenvalue weighted by atomic mass is 16.5. The second-order valence-electron chi connectivity index (χ2n) is 6.61. The van der Waals surface area contributed by atoms with E-state index in [4.69, 9.17) is 4.74 Å². The van der Waals surface area contributed by atoms with E-state index in [1.807, 2.05) is 0 Å². The first-order valence-corrected chi connectivity index (χ1v) is 7.82. The minimum Gasteiger partial charge on any atom is -0.380 e. The summed E-state index contributed by atoms with van der Waals surface area (Å²) in [5, 5.41) is 0. The van der Waals surface area contributed by atoms with Crippen molar-refractivity contribution >= 4 is 0 Å². The third-order valence-electron chi connectivity index (χ3n) is 5.64. The fourth-order valence-corrected chi connectivity index (χ4v) is 3.93. The predicted octanol–water partition coefficient (Wildman–Crippen LogP) is 4.94. The fraction of sp³-hybridized carbons (Fsp3) is 1.00. The summed E-state index contributed by atoms with van der Waals surface area (Å²) < 4.78 is 6.19. The summed E-state index contributed by atoms with van der Waals surface area (Å²) in [6.45, 7) is 6.76. The lowest BCUT2D eigenvalue weighted by atomic mass is 9.83. The van der Waals surface area contributed by atoms with Crippen LogP contribution in [0.1, 0.15) is 78.1 Å². The Bertz CT molecular complexity index is 198. The zero-order chi connectivity index (χ0) is 12.2. The zero-order valence-corrected chi connectivity index (χ0v) is 11.9. The Balaban J connectivity index is 1.78. The summed E-state index contributed by atoms with van der Waals surface area (Å²) in [4.78, 5) is 0. The van der Waals surface area contributed by atoms with E-state index in [-0.39, 0.29) is 0 Å². The third kappa shape index (κ3) is 3.05. The molecule has 0 N–H and O–H groups in total. The highest BCUT2D eigenvalue weighted by Crippen LogP contribution is 2.44. The molecule has 2 saturated carbocycles. The smallest absolute Gasteiger partial charge is 0.0522 e. The van der Waals surface area contributed by atoms with Crippen LogP contribution in [-0.2, 0) is 4.74 Å². The average Bonchev–Trinajstić information content (AvgIpc) is 2.99. The minimum atomic E-state index is 0.549. The van der Waals surface area contributed by atoms with Gasteiger partial charge in [0.1, 0.15) is 0 Å². The third-order valence-corrected chi connectivity index (χ3v) is 5.64. The largest absolute Gasteiger partial charge is 0.380 e. The Morgan fingerprint density at radius 2 is 1.06 bits per heavy atom. The van der Waals surface area contributed by atoms with Crippen LogP contribution in [0.2, 0.25) is 0 Å². The van der Waals surface area contributed by atoms with Crippen molar-refractivity contribution in [1.82, 2.24) is 0 Å². The summed E-state index contributed by atoms with van der Waals surface area (Å²) >= 11 is 0. The fourth-order valence-electron chi connectivity index (χ4n) is 3.93. The van der Waals surface area contributed by atoms with Crippen molar-refractivity contribution in [3.05, 3.63) is 0 Å². The van der Waals surface area contributed by atoms with E-state index in [9.17, 15) is 0 Å². The second kappa shape index (κ2) is 5.73. The lowest BCUT2D eigenvalue weighted by molar-refractivity contribution is -0.00798. The van der Waals surface area contributed by atoms with Gasteiger partial charge in [-0.25, -0.2) is 0 Å². The molecule has 0 atom stereocenters. The molecule has 0 heterocycles. The topological polar surface area (TPSA) is 9.23 Å². The molecule has 1 nitrogen and oxygen atoms in total. The first kappa shape index (κ1) is 13.4. The molecule has 2 aliphatic rings. The summed E-state index contributed by atoms with van der Waals surface area (Å²) in [7, 11) is 0. The maximum Gasteiger partial charge on any atom is 0.0522 e. The lowest BCUT2D eigenvalue weighted by Crippen LogP contribution is -2.28. The van der Waals surface area contributed by atoms with E-state index < -0.39 is 0 Å². The van der Waals surface area contributed by atoms with Crippen molar-refractivity contribution in [1.29, 1.82) is 0 Å². The number of hydrogen-bond donors (Lipinski definition) is 0. The van der Waals surface area contributed by atoms with Gasteiger partial charge in [-0.3, -0.25) is 0 Å². The van der Waals surface area contributed by atoms with Crippen LogP contribution < -0.4 is 0 Å². The van der Waals surface area contributed by atoms with Gasteiger partial charge in [-0.2, -0.15) is 0 Å². The van der Waals surface area contributed by atoms with Crippen LogP contribution in [0.5, 0.6) is 0 Å².